The summed E-state index contributed by atoms with van der Waals surface area (Å²) in [6.45, 7) is 6.69. The van der Waals surface area contributed by atoms with E-state index in [1.807, 2.05) is 18.4 Å². The molecular formula is C15H19NO2SSi. The molecule has 2 rings (SSSR count). The van der Waals surface area contributed by atoms with Crippen molar-refractivity contribution < 1.29 is 9.90 Å². The van der Waals surface area contributed by atoms with Crippen molar-refractivity contribution in [1.29, 1.82) is 0 Å². The van der Waals surface area contributed by atoms with E-state index in [-0.39, 0.29) is 11.5 Å². The van der Waals surface area contributed by atoms with Gasteiger partial charge in [-0.1, -0.05) is 43.9 Å². The second-order valence-electron chi connectivity index (χ2n) is 5.98. The molecule has 0 saturated heterocycles. The zero-order chi connectivity index (χ0) is 14.9. The van der Waals surface area contributed by atoms with E-state index in [4.69, 9.17) is 0 Å². The number of aliphatic imine (C=N–C) groups is 1. The van der Waals surface area contributed by atoms with E-state index in [0.29, 0.717) is 21.7 Å². The SMILES string of the molecule is CS/C(=N\C[Si](C)(C)C)C1=C(O)c2ccccc2C1=O. The minimum Gasteiger partial charge on any atom is -0.506 e. The molecule has 0 fully saturated rings. The Bertz CT molecular complexity index is 615. The third-order valence-electron chi connectivity index (χ3n) is 2.99. The molecule has 1 aromatic carbocycles. The van der Waals surface area contributed by atoms with E-state index in [1.54, 1.807) is 12.1 Å². The fraction of sp³-hybridized carbons (Fsp3) is 0.333. The number of benzene rings is 1. The average molecular weight is 305 g/mol. The Morgan fingerprint density at radius 1 is 1.25 bits per heavy atom. The Morgan fingerprint density at radius 2 is 1.85 bits per heavy atom. The van der Waals surface area contributed by atoms with Gasteiger partial charge in [-0.15, -0.1) is 11.8 Å². The molecular weight excluding hydrogens is 286 g/mol. The number of rotatable bonds is 3. The highest BCUT2D eigenvalue weighted by Crippen LogP contribution is 2.33. The molecule has 0 spiro atoms. The summed E-state index contributed by atoms with van der Waals surface area (Å²) in [4.78, 5) is 17.0. The van der Waals surface area contributed by atoms with Crippen LogP contribution in [0.25, 0.3) is 5.76 Å². The van der Waals surface area contributed by atoms with Gasteiger partial charge in [0.1, 0.15) is 10.8 Å². The number of hydrogen-bond acceptors (Lipinski definition) is 4. The predicted octanol–water partition coefficient (Wildman–Crippen LogP) is 3.79. The summed E-state index contributed by atoms with van der Waals surface area (Å²) in [7, 11) is -1.33. The Balaban J connectivity index is 2.42. The minimum atomic E-state index is -1.33. The molecule has 0 bridgehead atoms. The molecule has 0 aromatic heterocycles. The molecule has 1 aromatic rings. The fourth-order valence-electron chi connectivity index (χ4n) is 2.02. The number of aliphatic hydroxyl groups excluding tert-OH is 1. The van der Waals surface area contributed by atoms with Crippen LogP contribution in [0.2, 0.25) is 19.6 Å². The number of nitrogens with zero attached hydrogens (tertiary/aromatic N) is 1. The number of fused-ring (bicyclic) bond motifs is 1. The number of carbonyl (C=O) groups excluding carboxylic acids is 1. The lowest BCUT2D eigenvalue weighted by Crippen LogP contribution is -2.26. The second kappa shape index (κ2) is 5.58. The molecule has 0 unspecified atom stereocenters. The zero-order valence-corrected chi connectivity index (χ0v) is 14.0. The van der Waals surface area contributed by atoms with Crippen molar-refractivity contribution in [2.45, 2.75) is 19.6 Å². The van der Waals surface area contributed by atoms with E-state index < -0.39 is 8.07 Å². The highest BCUT2D eigenvalue weighted by molar-refractivity contribution is 8.14. The lowest BCUT2D eigenvalue weighted by molar-refractivity contribution is 0.104. The van der Waals surface area contributed by atoms with Crippen LogP contribution in [0.3, 0.4) is 0 Å². The van der Waals surface area contributed by atoms with Crippen molar-refractivity contribution in [1.82, 2.24) is 0 Å². The van der Waals surface area contributed by atoms with Crippen LogP contribution >= 0.6 is 11.8 Å². The zero-order valence-electron chi connectivity index (χ0n) is 12.2. The molecule has 106 valence electrons. The van der Waals surface area contributed by atoms with Crippen molar-refractivity contribution in [3.63, 3.8) is 0 Å². The lowest BCUT2D eigenvalue weighted by atomic mass is 10.1. The maximum absolute atomic E-state index is 12.4. The normalized spacial score (nSPS) is 15.8. The van der Waals surface area contributed by atoms with Gasteiger partial charge < -0.3 is 5.11 Å². The van der Waals surface area contributed by atoms with Crippen LogP contribution in [0.4, 0.5) is 0 Å². The summed E-state index contributed by atoms with van der Waals surface area (Å²) < 4.78 is 0. The summed E-state index contributed by atoms with van der Waals surface area (Å²) in [6.07, 6.45) is 2.64. The summed E-state index contributed by atoms with van der Waals surface area (Å²) in [5.74, 6) is -0.0592. The van der Waals surface area contributed by atoms with E-state index in [1.165, 1.54) is 11.8 Å². The van der Waals surface area contributed by atoms with Crippen molar-refractivity contribution >= 4 is 36.4 Å². The molecule has 0 heterocycles. The molecule has 0 aliphatic heterocycles. The predicted molar refractivity (Wildman–Crippen MR) is 89.5 cm³/mol. The van der Waals surface area contributed by atoms with Gasteiger partial charge in [0.25, 0.3) is 0 Å². The maximum atomic E-state index is 12.4. The summed E-state index contributed by atoms with van der Waals surface area (Å²) >= 11 is 1.42. The summed E-state index contributed by atoms with van der Waals surface area (Å²) in [6, 6.07) is 7.15. The average Bonchev–Trinajstić information content (AvgIpc) is 2.64. The highest BCUT2D eigenvalue weighted by atomic mass is 32.2. The van der Waals surface area contributed by atoms with Crippen molar-refractivity contribution in [3.8, 4) is 0 Å². The highest BCUT2D eigenvalue weighted by Gasteiger charge is 2.32. The fourth-order valence-corrected chi connectivity index (χ4v) is 3.35. The van der Waals surface area contributed by atoms with Gasteiger partial charge >= 0.3 is 0 Å². The van der Waals surface area contributed by atoms with Gasteiger partial charge in [-0.2, -0.15) is 0 Å². The van der Waals surface area contributed by atoms with Crippen LogP contribution < -0.4 is 0 Å². The number of ketones is 1. The smallest absolute Gasteiger partial charge is 0.200 e. The Kier molecular flexibility index (Phi) is 4.20. The quantitative estimate of drug-likeness (QED) is 0.525. The van der Waals surface area contributed by atoms with E-state index in [2.05, 4.69) is 24.6 Å². The van der Waals surface area contributed by atoms with E-state index in [0.717, 1.165) is 6.17 Å². The molecule has 0 saturated carbocycles. The van der Waals surface area contributed by atoms with Gasteiger partial charge in [0, 0.05) is 17.3 Å². The molecule has 0 amide bonds. The van der Waals surface area contributed by atoms with Gasteiger partial charge in [-0.05, 0) is 6.26 Å². The summed E-state index contributed by atoms with van der Waals surface area (Å²) in [5.41, 5.74) is 1.54. The number of aliphatic hydroxyl groups is 1. The molecule has 1 aliphatic carbocycles. The van der Waals surface area contributed by atoms with Crippen LogP contribution in [0.15, 0.2) is 34.8 Å². The van der Waals surface area contributed by atoms with Crippen molar-refractivity contribution in [3.05, 3.63) is 41.0 Å². The molecule has 0 radical (unpaired) electrons. The molecule has 5 heteroatoms. The first-order valence-corrected chi connectivity index (χ1v) is 11.4. The lowest BCUT2D eigenvalue weighted by Gasteiger charge is -2.13. The minimum absolute atomic E-state index is 0.0641. The van der Waals surface area contributed by atoms with Gasteiger partial charge in [-0.3, -0.25) is 9.79 Å². The second-order valence-corrected chi connectivity index (χ2v) is 12.2. The van der Waals surface area contributed by atoms with Crippen LogP contribution in [-0.4, -0.2) is 36.4 Å². The Hall–Kier alpha value is -1.33. The van der Waals surface area contributed by atoms with E-state index >= 15 is 0 Å². The van der Waals surface area contributed by atoms with E-state index in [9.17, 15) is 9.90 Å². The van der Waals surface area contributed by atoms with Crippen LogP contribution in [-0.2, 0) is 0 Å². The third kappa shape index (κ3) is 2.88. The first-order chi connectivity index (χ1) is 9.35. The number of carbonyl (C=O) groups is 1. The third-order valence-corrected chi connectivity index (χ3v) is 4.82. The van der Waals surface area contributed by atoms with Gasteiger partial charge in [-0.25, -0.2) is 0 Å². The van der Waals surface area contributed by atoms with Gasteiger partial charge in [0.05, 0.1) is 13.6 Å². The first-order valence-electron chi connectivity index (χ1n) is 6.51. The number of thioether (sulfide) groups is 1. The van der Waals surface area contributed by atoms with Crippen LogP contribution in [0.5, 0.6) is 0 Å². The van der Waals surface area contributed by atoms with Gasteiger partial charge in [0.2, 0.25) is 0 Å². The first kappa shape index (κ1) is 15.1. The maximum Gasteiger partial charge on any atom is 0.200 e. The van der Waals surface area contributed by atoms with Crippen LogP contribution in [0, 0.1) is 0 Å². The monoisotopic (exact) mass is 305 g/mol. The molecule has 1 aliphatic rings. The molecule has 20 heavy (non-hydrogen) atoms. The standard InChI is InChI=1S/C15H19NO2SSi/c1-19-15(16-9-20(2,3)4)12-13(17)10-7-5-6-8-11(10)14(12)18/h5-8,17H,9H2,1-4H3/b16-15-. The van der Waals surface area contributed by atoms with Gasteiger partial charge in [0.15, 0.2) is 5.78 Å². The van der Waals surface area contributed by atoms with Crippen molar-refractivity contribution in [2.24, 2.45) is 4.99 Å². The van der Waals surface area contributed by atoms with Crippen LogP contribution in [0.1, 0.15) is 15.9 Å². The topological polar surface area (TPSA) is 49.7 Å². The number of Topliss-reactive ketones (excluding diaryl/α,β-unsaturated/α-hetero) is 1. The Morgan fingerprint density at radius 3 is 2.35 bits per heavy atom. The molecule has 3 nitrogen and oxygen atoms in total. The molecule has 1 N–H and O–H groups in total. The molecule has 0 atom stereocenters. The van der Waals surface area contributed by atoms with Crippen molar-refractivity contribution in [2.75, 3.05) is 12.4 Å². The summed E-state index contributed by atoms with van der Waals surface area (Å²) in [5, 5.41) is 11.0. The largest absolute Gasteiger partial charge is 0.506 e. The number of hydrogen-bond donors (Lipinski definition) is 1. The Labute approximate surface area is 124 Å².